The molecule has 0 radical (unpaired) electrons. The molecule has 1 aliphatic heterocycles. The highest BCUT2D eigenvalue weighted by atomic mass is 35.5. The topological polar surface area (TPSA) is 113 Å². The van der Waals surface area contributed by atoms with E-state index in [4.69, 9.17) is 26.2 Å². The first kappa shape index (κ1) is 32.7. The summed E-state index contributed by atoms with van der Waals surface area (Å²) in [6, 6.07) is 7.13. The molecular weight excluding hydrogens is 599 g/mol. The number of halogens is 6. The van der Waals surface area contributed by atoms with Gasteiger partial charge in [0.15, 0.2) is 0 Å². The minimum absolute atomic E-state index is 0.0547. The number of hydrogen-bond acceptors (Lipinski definition) is 6. The third-order valence-corrected chi connectivity index (χ3v) is 7.34. The van der Waals surface area contributed by atoms with Gasteiger partial charge in [0.05, 0.1) is 24.5 Å². The summed E-state index contributed by atoms with van der Waals surface area (Å²) < 4.78 is 90.3. The Morgan fingerprint density at radius 1 is 1.07 bits per heavy atom. The second-order valence-electron chi connectivity index (χ2n) is 9.83. The minimum Gasteiger partial charge on any atom is -0.475 e. The van der Waals surface area contributed by atoms with Crippen LogP contribution in [0.5, 0.6) is 0 Å². The van der Waals surface area contributed by atoms with Crippen molar-refractivity contribution in [3.05, 3.63) is 69.2 Å². The number of piperidine rings is 1. The molecule has 0 aromatic heterocycles. The van der Waals surface area contributed by atoms with E-state index in [0.29, 0.717) is 18.2 Å². The Hall–Kier alpha value is -2.81. The van der Waals surface area contributed by atoms with E-state index in [1.165, 1.54) is 24.3 Å². The number of aliphatic carboxylic acids is 1. The number of alkyl halides is 3. The largest absolute Gasteiger partial charge is 0.490 e. The highest BCUT2D eigenvalue weighted by Gasteiger charge is 2.38. The molecule has 41 heavy (non-hydrogen) atoms. The molecule has 1 heterocycles. The third kappa shape index (κ3) is 10.2. The van der Waals surface area contributed by atoms with Gasteiger partial charge >= 0.3 is 12.1 Å². The first-order valence-corrected chi connectivity index (χ1v) is 14.7. The second kappa shape index (κ2) is 13.4. The average Bonchev–Trinajstić information content (AvgIpc) is 3.69. The number of benzene rings is 2. The lowest BCUT2D eigenvalue weighted by molar-refractivity contribution is -0.192. The average molecular weight is 627 g/mol. The highest BCUT2D eigenvalue weighted by Crippen LogP contribution is 2.43. The summed E-state index contributed by atoms with van der Waals surface area (Å²) in [6.45, 7) is 2.40. The molecule has 1 saturated heterocycles. The first-order chi connectivity index (χ1) is 19.0. The fourth-order valence-corrected chi connectivity index (χ4v) is 4.93. The number of carboxylic acids is 1. The van der Waals surface area contributed by atoms with E-state index in [0.717, 1.165) is 61.7 Å². The monoisotopic (exact) mass is 626 g/mol. The van der Waals surface area contributed by atoms with Crippen molar-refractivity contribution in [2.45, 2.75) is 57.0 Å². The Labute approximate surface area is 238 Å². The van der Waals surface area contributed by atoms with E-state index in [9.17, 15) is 35.2 Å². The summed E-state index contributed by atoms with van der Waals surface area (Å²) in [6.07, 6.45) is -0.634. The number of rotatable bonds is 8. The number of amides is 1. The molecule has 2 aromatic carbocycles. The van der Waals surface area contributed by atoms with Gasteiger partial charge in [0.25, 0.3) is 5.91 Å². The summed E-state index contributed by atoms with van der Waals surface area (Å²) in [4.78, 5) is 23.4. The van der Waals surface area contributed by atoms with E-state index in [-0.39, 0.29) is 23.4 Å². The molecular formula is C26H28ClF5N2O6S. The first-order valence-electron chi connectivity index (χ1n) is 12.5. The summed E-state index contributed by atoms with van der Waals surface area (Å²) >= 11 is 6.07. The summed E-state index contributed by atoms with van der Waals surface area (Å²) in [5, 5.41) is 7.47. The minimum atomic E-state index is -5.08. The van der Waals surface area contributed by atoms with Gasteiger partial charge in [0.2, 0.25) is 10.0 Å². The van der Waals surface area contributed by atoms with Crippen LogP contribution in [0, 0.1) is 11.6 Å². The van der Waals surface area contributed by atoms with Gasteiger partial charge in [-0.1, -0.05) is 17.7 Å². The Kier molecular flexibility index (Phi) is 10.7. The highest BCUT2D eigenvalue weighted by molar-refractivity contribution is 7.89. The molecule has 1 amide bonds. The molecule has 0 unspecified atom stereocenters. The maximum atomic E-state index is 14.7. The normalized spacial score (nSPS) is 16.6. The molecule has 1 aliphatic carbocycles. The van der Waals surface area contributed by atoms with Crippen LogP contribution in [0.3, 0.4) is 0 Å². The number of nitrogens with one attached hydrogen (secondary N) is 1. The Bertz CT molecular complexity index is 1380. The van der Waals surface area contributed by atoms with Crippen LogP contribution in [0.25, 0.3) is 0 Å². The standard InChI is InChI=1S/C24H27ClF2N2O4S.C2HF3O2/c1-34(31,32)28-24(30)21-12-20(15-2-3-15)17(10-23(21)27)13-29-8-6-19(7-9-29)33-14-16-4-5-18(26)11-22(16)25;3-2(4,5)1(6)7/h4-5,10-12,15,19H,2-3,6-9,13-14H2,1H3,(H,28,30);(H,6,7). The van der Waals surface area contributed by atoms with Crippen LogP contribution in [0.4, 0.5) is 22.0 Å². The van der Waals surface area contributed by atoms with Gasteiger partial charge in [-0.15, -0.1) is 0 Å². The lowest BCUT2D eigenvalue weighted by Gasteiger charge is -2.32. The molecule has 4 rings (SSSR count). The van der Waals surface area contributed by atoms with Crippen molar-refractivity contribution >= 4 is 33.5 Å². The van der Waals surface area contributed by atoms with Gasteiger partial charge in [0.1, 0.15) is 11.6 Å². The maximum absolute atomic E-state index is 14.7. The predicted molar refractivity (Wildman–Crippen MR) is 139 cm³/mol. The van der Waals surface area contributed by atoms with E-state index >= 15 is 0 Å². The smallest absolute Gasteiger partial charge is 0.475 e. The van der Waals surface area contributed by atoms with Gasteiger partial charge in [-0.05, 0) is 72.6 Å². The van der Waals surface area contributed by atoms with Crippen molar-refractivity contribution in [1.82, 2.24) is 9.62 Å². The van der Waals surface area contributed by atoms with Crippen LogP contribution < -0.4 is 4.72 Å². The molecule has 2 fully saturated rings. The zero-order valence-corrected chi connectivity index (χ0v) is 23.4. The van der Waals surface area contributed by atoms with Crippen LogP contribution in [0.1, 0.15) is 58.6 Å². The molecule has 15 heteroatoms. The van der Waals surface area contributed by atoms with E-state index in [1.807, 2.05) is 4.72 Å². The number of ether oxygens (including phenoxy) is 1. The van der Waals surface area contributed by atoms with Crippen molar-refractivity contribution in [3.63, 3.8) is 0 Å². The van der Waals surface area contributed by atoms with Crippen LogP contribution in [0.2, 0.25) is 5.02 Å². The molecule has 0 atom stereocenters. The van der Waals surface area contributed by atoms with Gasteiger partial charge in [-0.3, -0.25) is 9.69 Å². The van der Waals surface area contributed by atoms with Crippen molar-refractivity contribution in [2.24, 2.45) is 0 Å². The second-order valence-corrected chi connectivity index (χ2v) is 12.0. The van der Waals surface area contributed by atoms with E-state index in [1.54, 1.807) is 6.07 Å². The number of carboxylic acid groups (broad SMARTS) is 1. The van der Waals surface area contributed by atoms with Crippen molar-refractivity contribution in [2.75, 3.05) is 19.3 Å². The number of likely N-dealkylation sites (tertiary alicyclic amines) is 1. The molecule has 1 saturated carbocycles. The fraction of sp³-hybridized carbons (Fsp3) is 0.462. The fourth-order valence-electron chi connectivity index (χ4n) is 4.26. The van der Waals surface area contributed by atoms with E-state index < -0.39 is 33.9 Å². The van der Waals surface area contributed by atoms with E-state index in [2.05, 4.69) is 4.90 Å². The quantitative estimate of drug-likeness (QED) is 0.397. The summed E-state index contributed by atoms with van der Waals surface area (Å²) in [7, 11) is -3.78. The van der Waals surface area contributed by atoms with Gasteiger partial charge in [-0.2, -0.15) is 13.2 Å². The van der Waals surface area contributed by atoms with Crippen LogP contribution in [-0.2, 0) is 32.7 Å². The van der Waals surface area contributed by atoms with Gasteiger partial charge in [0, 0.05) is 24.7 Å². The zero-order valence-electron chi connectivity index (χ0n) is 21.8. The molecule has 8 nitrogen and oxygen atoms in total. The number of nitrogens with zero attached hydrogens (tertiary/aromatic N) is 1. The van der Waals surface area contributed by atoms with Crippen LogP contribution >= 0.6 is 11.6 Å². The van der Waals surface area contributed by atoms with Gasteiger partial charge < -0.3 is 9.84 Å². The Morgan fingerprint density at radius 3 is 2.20 bits per heavy atom. The zero-order chi connectivity index (χ0) is 30.5. The van der Waals surface area contributed by atoms with Gasteiger partial charge in [-0.25, -0.2) is 26.7 Å². The lowest BCUT2D eigenvalue weighted by Crippen LogP contribution is -2.36. The number of hydrogen-bond donors (Lipinski definition) is 2. The third-order valence-electron chi connectivity index (χ3n) is 6.43. The molecule has 0 spiro atoms. The SMILES string of the molecule is CS(=O)(=O)NC(=O)c1cc(C2CC2)c(CN2CCC(OCc3ccc(F)cc3Cl)CC2)cc1F.O=C(O)C(F)(F)F. The predicted octanol–water partition coefficient (Wildman–Crippen LogP) is 5.00. The molecule has 2 aromatic rings. The molecule has 226 valence electrons. The lowest BCUT2D eigenvalue weighted by atomic mass is 9.97. The summed E-state index contributed by atoms with van der Waals surface area (Å²) in [5.41, 5.74) is 2.23. The maximum Gasteiger partial charge on any atom is 0.490 e. The number of carbonyl (C=O) groups excluding carboxylic acids is 1. The number of carbonyl (C=O) groups is 2. The summed E-state index contributed by atoms with van der Waals surface area (Å²) in [5.74, 6) is -4.55. The van der Waals surface area contributed by atoms with Crippen molar-refractivity contribution < 1.29 is 49.8 Å². The van der Waals surface area contributed by atoms with Crippen LogP contribution in [-0.4, -0.2) is 61.9 Å². The van der Waals surface area contributed by atoms with Crippen molar-refractivity contribution in [3.8, 4) is 0 Å². The number of sulfonamides is 1. The van der Waals surface area contributed by atoms with Crippen molar-refractivity contribution in [1.29, 1.82) is 0 Å². The molecule has 0 bridgehead atoms. The molecule has 2 N–H and O–H groups in total. The van der Waals surface area contributed by atoms with Crippen LogP contribution in [0.15, 0.2) is 30.3 Å². The molecule has 2 aliphatic rings. The Balaban J connectivity index is 0.000000587. The Morgan fingerprint density at radius 2 is 1.68 bits per heavy atom.